The highest BCUT2D eigenvalue weighted by Gasteiger charge is 2.25. The first-order valence-electron chi connectivity index (χ1n) is 7.71. The molecule has 0 radical (unpaired) electrons. The highest BCUT2D eigenvalue weighted by Crippen LogP contribution is 2.29. The number of rotatable bonds is 6. The summed E-state index contributed by atoms with van der Waals surface area (Å²) in [5.41, 5.74) is 0.673. The van der Waals surface area contributed by atoms with Crippen molar-refractivity contribution in [1.82, 2.24) is 10.6 Å². The van der Waals surface area contributed by atoms with E-state index in [0.717, 1.165) is 12.8 Å². The van der Waals surface area contributed by atoms with E-state index in [1.807, 2.05) is 6.92 Å². The minimum Gasteiger partial charge on any atom is -0.352 e. The number of hydrogen-bond acceptors (Lipinski definition) is 4. The van der Waals surface area contributed by atoms with Gasteiger partial charge in [0.05, 0.1) is 11.5 Å². The van der Waals surface area contributed by atoms with E-state index in [-0.39, 0.29) is 24.2 Å². The van der Waals surface area contributed by atoms with Crippen LogP contribution in [0.25, 0.3) is 0 Å². The fourth-order valence-corrected chi connectivity index (χ4v) is 2.63. The Kier molecular flexibility index (Phi) is 5.31. The van der Waals surface area contributed by atoms with E-state index in [9.17, 15) is 19.7 Å². The molecule has 2 rings (SSSR count). The Balaban J connectivity index is 1.85. The predicted molar refractivity (Wildman–Crippen MR) is 85.1 cm³/mol. The fraction of sp³-hybridized carbons (Fsp3) is 0.500. The van der Waals surface area contributed by atoms with Gasteiger partial charge in [0.25, 0.3) is 11.6 Å². The third-order valence-corrected chi connectivity index (χ3v) is 4.31. The Morgan fingerprint density at radius 3 is 2.61 bits per heavy atom. The van der Waals surface area contributed by atoms with Crippen LogP contribution in [0.2, 0.25) is 0 Å². The van der Waals surface area contributed by atoms with Crippen molar-refractivity contribution in [2.24, 2.45) is 5.92 Å². The van der Waals surface area contributed by atoms with E-state index in [1.165, 1.54) is 24.6 Å². The highest BCUT2D eigenvalue weighted by atomic mass is 16.6. The number of benzene rings is 1. The summed E-state index contributed by atoms with van der Waals surface area (Å²) in [5.74, 6) is -0.113. The van der Waals surface area contributed by atoms with Gasteiger partial charge in [-0.3, -0.25) is 19.7 Å². The van der Waals surface area contributed by atoms with Crippen molar-refractivity contribution in [3.05, 3.63) is 39.4 Å². The summed E-state index contributed by atoms with van der Waals surface area (Å²) in [6, 6.07) is 4.25. The Bertz CT molecular complexity index is 626. The van der Waals surface area contributed by atoms with Crippen LogP contribution in [-0.4, -0.2) is 29.3 Å². The Hall–Kier alpha value is -2.44. The number of hydrogen-bond donors (Lipinski definition) is 2. The number of nitro groups is 1. The number of nitrogens with zero attached hydrogens (tertiary/aromatic N) is 1. The molecule has 1 aliphatic rings. The zero-order valence-corrected chi connectivity index (χ0v) is 13.3. The van der Waals surface area contributed by atoms with Crippen LogP contribution in [0.15, 0.2) is 18.2 Å². The number of amides is 2. The lowest BCUT2D eigenvalue weighted by Crippen LogP contribution is -2.45. The summed E-state index contributed by atoms with van der Waals surface area (Å²) in [6.07, 6.45) is 3.48. The van der Waals surface area contributed by atoms with Crippen molar-refractivity contribution in [3.8, 4) is 0 Å². The van der Waals surface area contributed by atoms with Crippen LogP contribution in [-0.2, 0) is 4.79 Å². The average molecular weight is 319 g/mol. The molecule has 0 aromatic heterocycles. The molecule has 23 heavy (non-hydrogen) atoms. The first-order chi connectivity index (χ1) is 10.9. The van der Waals surface area contributed by atoms with E-state index in [1.54, 1.807) is 6.92 Å². The molecule has 2 amide bonds. The molecule has 1 saturated carbocycles. The van der Waals surface area contributed by atoms with Crippen molar-refractivity contribution < 1.29 is 14.5 Å². The van der Waals surface area contributed by atoms with E-state index < -0.39 is 10.8 Å². The molecule has 7 nitrogen and oxygen atoms in total. The predicted octanol–water partition coefficient (Wildman–Crippen LogP) is 1.94. The molecule has 7 heteroatoms. The number of carbonyl (C=O) groups excluding carboxylic acids is 2. The van der Waals surface area contributed by atoms with Gasteiger partial charge in [-0.05, 0) is 44.7 Å². The summed E-state index contributed by atoms with van der Waals surface area (Å²) in [7, 11) is 0. The van der Waals surface area contributed by atoms with Crippen LogP contribution < -0.4 is 10.6 Å². The minimum atomic E-state index is -0.494. The SMILES string of the molecule is Cc1cc(C(=O)NCC(=O)N[C@H](C)C2CCC2)ccc1[N+](=O)[O-]. The Morgan fingerprint density at radius 2 is 2.09 bits per heavy atom. The van der Waals surface area contributed by atoms with Crippen LogP contribution in [0.1, 0.15) is 42.1 Å². The van der Waals surface area contributed by atoms with Crippen molar-refractivity contribution in [2.45, 2.75) is 39.2 Å². The van der Waals surface area contributed by atoms with Crippen molar-refractivity contribution in [1.29, 1.82) is 0 Å². The van der Waals surface area contributed by atoms with Crippen LogP contribution in [0.4, 0.5) is 5.69 Å². The molecule has 0 bridgehead atoms. The third-order valence-electron chi connectivity index (χ3n) is 4.31. The van der Waals surface area contributed by atoms with Gasteiger partial charge in [-0.1, -0.05) is 6.42 Å². The summed E-state index contributed by atoms with van der Waals surface area (Å²) < 4.78 is 0. The zero-order valence-electron chi connectivity index (χ0n) is 13.3. The fourth-order valence-electron chi connectivity index (χ4n) is 2.63. The van der Waals surface area contributed by atoms with E-state index in [4.69, 9.17) is 0 Å². The van der Waals surface area contributed by atoms with E-state index >= 15 is 0 Å². The lowest BCUT2D eigenvalue weighted by Gasteiger charge is -2.31. The second kappa shape index (κ2) is 7.21. The van der Waals surface area contributed by atoms with Gasteiger partial charge in [-0.15, -0.1) is 0 Å². The van der Waals surface area contributed by atoms with Crippen molar-refractivity contribution >= 4 is 17.5 Å². The van der Waals surface area contributed by atoms with Gasteiger partial charge in [0.2, 0.25) is 5.91 Å². The molecule has 0 saturated heterocycles. The monoisotopic (exact) mass is 319 g/mol. The van der Waals surface area contributed by atoms with E-state index in [0.29, 0.717) is 17.0 Å². The third kappa shape index (κ3) is 4.28. The summed E-state index contributed by atoms with van der Waals surface area (Å²) in [5, 5.41) is 16.2. The molecule has 0 unspecified atom stereocenters. The van der Waals surface area contributed by atoms with Gasteiger partial charge >= 0.3 is 0 Å². The Labute approximate surface area is 134 Å². The lowest BCUT2D eigenvalue weighted by atomic mass is 9.80. The molecule has 124 valence electrons. The lowest BCUT2D eigenvalue weighted by molar-refractivity contribution is -0.385. The molecular weight excluding hydrogens is 298 g/mol. The second-order valence-electron chi connectivity index (χ2n) is 5.99. The van der Waals surface area contributed by atoms with Crippen molar-refractivity contribution in [2.75, 3.05) is 6.54 Å². The molecule has 2 N–H and O–H groups in total. The van der Waals surface area contributed by atoms with Crippen LogP contribution in [0.5, 0.6) is 0 Å². The highest BCUT2D eigenvalue weighted by molar-refractivity contribution is 5.96. The normalized spacial score (nSPS) is 15.4. The average Bonchev–Trinajstić information content (AvgIpc) is 2.42. The number of carbonyl (C=O) groups is 2. The summed E-state index contributed by atoms with van der Waals surface area (Å²) in [6.45, 7) is 3.44. The van der Waals surface area contributed by atoms with Crippen molar-refractivity contribution in [3.63, 3.8) is 0 Å². The quantitative estimate of drug-likeness (QED) is 0.618. The molecule has 1 fully saturated rings. The zero-order chi connectivity index (χ0) is 17.0. The maximum atomic E-state index is 12.0. The number of aryl methyl sites for hydroxylation is 1. The molecular formula is C16H21N3O4. The van der Waals surface area contributed by atoms with Gasteiger partial charge in [0.15, 0.2) is 0 Å². The minimum absolute atomic E-state index is 0.0337. The largest absolute Gasteiger partial charge is 0.352 e. The van der Waals surface area contributed by atoms with Crippen LogP contribution in [0, 0.1) is 23.0 Å². The molecule has 1 aliphatic carbocycles. The maximum absolute atomic E-state index is 12.0. The first kappa shape index (κ1) is 16.9. The maximum Gasteiger partial charge on any atom is 0.272 e. The molecule has 1 atom stereocenters. The van der Waals surface area contributed by atoms with Gasteiger partial charge < -0.3 is 10.6 Å². The Morgan fingerprint density at radius 1 is 1.39 bits per heavy atom. The topological polar surface area (TPSA) is 101 Å². The first-order valence-corrected chi connectivity index (χ1v) is 7.71. The van der Waals surface area contributed by atoms with Crippen LogP contribution in [0.3, 0.4) is 0 Å². The number of nitrogens with one attached hydrogen (secondary N) is 2. The van der Waals surface area contributed by atoms with Crippen LogP contribution >= 0.6 is 0 Å². The summed E-state index contributed by atoms with van der Waals surface area (Å²) >= 11 is 0. The van der Waals surface area contributed by atoms with Gasteiger partial charge in [0.1, 0.15) is 0 Å². The van der Waals surface area contributed by atoms with E-state index in [2.05, 4.69) is 10.6 Å². The molecule has 0 spiro atoms. The molecule has 0 heterocycles. The molecule has 1 aromatic rings. The summed E-state index contributed by atoms with van der Waals surface area (Å²) in [4.78, 5) is 34.1. The molecule has 0 aliphatic heterocycles. The van der Waals surface area contributed by atoms with Gasteiger partial charge in [0, 0.05) is 23.2 Å². The van der Waals surface area contributed by atoms with Gasteiger partial charge in [-0.2, -0.15) is 0 Å². The van der Waals surface area contributed by atoms with Gasteiger partial charge in [-0.25, -0.2) is 0 Å². The number of nitro benzene ring substituents is 1. The second-order valence-corrected chi connectivity index (χ2v) is 5.99. The molecule has 1 aromatic carbocycles. The smallest absolute Gasteiger partial charge is 0.272 e. The standard InChI is InChI=1S/C16H21N3O4/c1-10-8-13(6-7-14(10)19(22)23)16(21)17-9-15(20)18-11(2)12-4-3-5-12/h6-8,11-12H,3-5,9H2,1-2H3,(H,17,21)(H,18,20)/t11-/m1/s1.